The molecule has 1 amide bonds. The fourth-order valence-corrected chi connectivity index (χ4v) is 3.61. The van der Waals surface area contributed by atoms with E-state index in [2.05, 4.69) is 10.5 Å². The molecule has 0 aliphatic rings. The first kappa shape index (κ1) is 26.9. The molecule has 0 fully saturated rings. The second kappa shape index (κ2) is 12.9. The number of nitrogens with one attached hydrogen (secondary N) is 1. The molecule has 1 N–H and O–H groups in total. The monoisotopic (exact) mass is 524 g/mol. The van der Waals surface area contributed by atoms with Crippen molar-refractivity contribution in [1.82, 2.24) is 5.43 Å². The topological polar surface area (TPSA) is 95.5 Å². The maximum Gasteiger partial charge on any atom is 0.343 e. The van der Waals surface area contributed by atoms with Crippen molar-refractivity contribution in [2.24, 2.45) is 5.10 Å². The molecule has 198 valence electrons. The minimum Gasteiger partial charge on any atom is -0.497 e. The van der Waals surface area contributed by atoms with E-state index in [1.54, 1.807) is 56.5 Å². The maximum atomic E-state index is 12.5. The van der Waals surface area contributed by atoms with Crippen LogP contribution in [0.15, 0.2) is 102 Å². The molecule has 0 spiro atoms. The zero-order chi connectivity index (χ0) is 27.6. The van der Waals surface area contributed by atoms with Crippen molar-refractivity contribution >= 4 is 18.1 Å². The van der Waals surface area contributed by atoms with E-state index in [1.165, 1.54) is 13.3 Å². The molecule has 1 unspecified atom stereocenters. The highest BCUT2D eigenvalue weighted by molar-refractivity contribution is 5.92. The summed E-state index contributed by atoms with van der Waals surface area (Å²) in [7, 11) is 3.02. The van der Waals surface area contributed by atoms with Crippen molar-refractivity contribution in [1.29, 1.82) is 0 Å². The fourth-order valence-electron chi connectivity index (χ4n) is 3.61. The van der Waals surface area contributed by atoms with Crippen molar-refractivity contribution in [2.45, 2.75) is 13.0 Å². The van der Waals surface area contributed by atoms with Crippen LogP contribution in [0.2, 0.25) is 0 Å². The summed E-state index contributed by atoms with van der Waals surface area (Å²) in [5, 5.41) is 4.01. The largest absolute Gasteiger partial charge is 0.497 e. The molecule has 0 saturated carbocycles. The first-order valence-corrected chi connectivity index (χ1v) is 12.2. The van der Waals surface area contributed by atoms with Gasteiger partial charge in [-0.2, -0.15) is 5.10 Å². The number of hydrazone groups is 1. The van der Waals surface area contributed by atoms with Gasteiger partial charge in [-0.25, -0.2) is 10.2 Å². The van der Waals surface area contributed by atoms with Crippen LogP contribution in [0.5, 0.6) is 23.0 Å². The molecule has 0 aromatic heterocycles. The molecule has 0 radical (unpaired) electrons. The van der Waals surface area contributed by atoms with Crippen LogP contribution in [0.25, 0.3) is 11.1 Å². The molecule has 4 rings (SSSR count). The Bertz CT molecular complexity index is 1430. The van der Waals surface area contributed by atoms with Gasteiger partial charge < -0.3 is 18.9 Å². The van der Waals surface area contributed by atoms with E-state index in [-0.39, 0.29) is 5.75 Å². The van der Waals surface area contributed by atoms with Crippen LogP contribution in [0, 0.1) is 0 Å². The molecule has 0 aliphatic heterocycles. The van der Waals surface area contributed by atoms with Gasteiger partial charge in [-0.3, -0.25) is 4.79 Å². The molecule has 0 bridgehead atoms. The summed E-state index contributed by atoms with van der Waals surface area (Å²) in [5.41, 5.74) is 5.63. The van der Waals surface area contributed by atoms with E-state index in [1.807, 2.05) is 54.6 Å². The van der Waals surface area contributed by atoms with Gasteiger partial charge in [-0.1, -0.05) is 42.5 Å². The minimum absolute atomic E-state index is 0.250. The van der Waals surface area contributed by atoms with E-state index in [0.29, 0.717) is 28.4 Å². The number of nitrogens with zero attached hydrogens (tertiary/aromatic N) is 1. The molecule has 8 heteroatoms. The number of rotatable bonds is 10. The summed E-state index contributed by atoms with van der Waals surface area (Å²) in [6.45, 7) is 1.64. The lowest BCUT2D eigenvalue weighted by Gasteiger charge is -2.13. The number of methoxy groups -OCH3 is 2. The number of benzene rings is 4. The Morgan fingerprint density at radius 2 is 1.44 bits per heavy atom. The van der Waals surface area contributed by atoms with Crippen LogP contribution in [-0.4, -0.2) is 38.4 Å². The summed E-state index contributed by atoms with van der Waals surface area (Å²) in [6, 6.07) is 29.0. The minimum atomic E-state index is -0.765. The zero-order valence-electron chi connectivity index (χ0n) is 21.8. The first-order valence-electron chi connectivity index (χ1n) is 12.2. The normalized spacial score (nSPS) is 11.5. The lowest BCUT2D eigenvalue weighted by molar-refractivity contribution is -0.127. The number of carbonyl (C=O) groups is 2. The summed E-state index contributed by atoms with van der Waals surface area (Å²) in [5.74, 6) is 0.857. The Morgan fingerprint density at radius 3 is 2.10 bits per heavy atom. The number of esters is 1. The van der Waals surface area contributed by atoms with E-state index in [9.17, 15) is 9.59 Å². The third-order valence-corrected chi connectivity index (χ3v) is 5.75. The van der Waals surface area contributed by atoms with Crippen molar-refractivity contribution in [3.8, 4) is 34.1 Å². The highest BCUT2D eigenvalue weighted by atomic mass is 16.6. The van der Waals surface area contributed by atoms with E-state index in [4.69, 9.17) is 18.9 Å². The first-order chi connectivity index (χ1) is 19.0. The molecule has 39 heavy (non-hydrogen) atoms. The van der Waals surface area contributed by atoms with Crippen molar-refractivity contribution in [3.63, 3.8) is 0 Å². The van der Waals surface area contributed by atoms with Crippen molar-refractivity contribution < 1.29 is 28.5 Å². The maximum absolute atomic E-state index is 12.5. The Kier molecular flexibility index (Phi) is 8.92. The fraction of sp³-hybridized carbons (Fsp3) is 0.129. The zero-order valence-corrected chi connectivity index (χ0v) is 21.8. The summed E-state index contributed by atoms with van der Waals surface area (Å²) in [6.07, 6.45) is 0.690. The molecule has 0 heterocycles. The van der Waals surface area contributed by atoms with Crippen LogP contribution in [0.1, 0.15) is 22.8 Å². The van der Waals surface area contributed by atoms with Gasteiger partial charge in [0.1, 0.15) is 11.5 Å². The highest BCUT2D eigenvalue weighted by Crippen LogP contribution is 2.28. The molecule has 1 atom stereocenters. The second-order valence-corrected chi connectivity index (χ2v) is 8.41. The van der Waals surface area contributed by atoms with Gasteiger partial charge >= 0.3 is 5.97 Å². The van der Waals surface area contributed by atoms with Crippen LogP contribution < -0.4 is 24.4 Å². The third-order valence-electron chi connectivity index (χ3n) is 5.75. The quantitative estimate of drug-likeness (QED) is 0.127. The van der Waals surface area contributed by atoms with Crippen LogP contribution in [0.3, 0.4) is 0 Å². The Labute approximate surface area is 226 Å². The van der Waals surface area contributed by atoms with Gasteiger partial charge in [0, 0.05) is 0 Å². The lowest BCUT2D eigenvalue weighted by Crippen LogP contribution is -2.33. The predicted octanol–water partition coefficient (Wildman–Crippen LogP) is 5.51. The van der Waals surface area contributed by atoms with E-state index in [0.717, 1.165) is 11.1 Å². The molecule has 0 saturated heterocycles. The predicted molar refractivity (Wildman–Crippen MR) is 149 cm³/mol. The average Bonchev–Trinajstić information content (AvgIpc) is 2.98. The number of hydrogen-bond acceptors (Lipinski definition) is 7. The molecule has 8 nitrogen and oxygen atoms in total. The van der Waals surface area contributed by atoms with Gasteiger partial charge in [0.15, 0.2) is 17.6 Å². The van der Waals surface area contributed by atoms with Gasteiger partial charge in [-0.05, 0) is 78.2 Å². The Morgan fingerprint density at radius 1 is 0.769 bits per heavy atom. The molecular weight excluding hydrogens is 496 g/mol. The SMILES string of the molecule is COc1ccc(C(=O)Oc2ccc(C=NNC(=O)C(C)Oc3ccc(-c4ccccc4)cc3)cc2OC)cc1. The highest BCUT2D eigenvalue weighted by Gasteiger charge is 2.15. The van der Waals surface area contributed by atoms with Crippen molar-refractivity contribution in [3.05, 3.63) is 108 Å². The third kappa shape index (κ3) is 7.23. The standard InChI is InChI=1S/C31H28N2O6/c1-21(38-27-16-10-24(11-17-27)23-7-5-4-6-8-23)30(34)33-32-20-22-9-18-28(29(19-22)37-3)39-31(35)25-12-14-26(36-2)15-13-25/h4-21H,1-3H3,(H,33,34). The summed E-state index contributed by atoms with van der Waals surface area (Å²) < 4.78 is 21.7. The summed E-state index contributed by atoms with van der Waals surface area (Å²) >= 11 is 0. The number of hydrogen-bond donors (Lipinski definition) is 1. The van der Waals surface area contributed by atoms with Crippen LogP contribution >= 0.6 is 0 Å². The molecule has 4 aromatic carbocycles. The van der Waals surface area contributed by atoms with Crippen LogP contribution in [0.4, 0.5) is 0 Å². The van der Waals surface area contributed by atoms with E-state index >= 15 is 0 Å². The van der Waals surface area contributed by atoms with Crippen LogP contribution in [-0.2, 0) is 4.79 Å². The number of carbonyl (C=O) groups excluding carboxylic acids is 2. The Balaban J connectivity index is 1.31. The Hall–Kier alpha value is -5.11. The van der Waals surface area contributed by atoms with Gasteiger partial charge in [0.2, 0.25) is 0 Å². The van der Waals surface area contributed by atoms with Crippen molar-refractivity contribution in [2.75, 3.05) is 14.2 Å². The number of amides is 1. The van der Waals surface area contributed by atoms with E-state index < -0.39 is 18.0 Å². The van der Waals surface area contributed by atoms with Gasteiger partial charge in [0.25, 0.3) is 5.91 Å². The number of ether oxygens (including phenoxy) is 4. The smallest absolute Gasteiger partial charge is 0.343 e. The molecule has 4 aromatic rings. The van der Waals surface area contributed by atoms with Gasteiger partial charge in [0.05, 0.1) is 26.0 Å². The molecule has 0 aliphatic carbocycles. The average molecular weight is 525 g/mol. The summed E-state index contributed by atoms with van der Waals surface area (Å²) in [4.78, 5) is 24.9. The lowest BCUT2D eigenvalue weighted by atomic mass is 10.1. The second-order valence-electron chi connectivity index (χ2n) is 8.41. The molecular formula is C31H28N2O6. The van der Waals surface area contributed by atoms with Gasteiger partial charge in [-0.15, -0.1) is 0 Å².